The van der Waals surface area contributed by atoms with Crippen LogP contribution in [0.1, 0.15) is 43.7 Å². The summed E-state index contributed by atoms with van der Waals surface area (Å²) in [5.74, 6) is 0.520. The van der Waals surface area contributed by atoms with Crippen LogP contribution in [0.25, 0.3) is 0 Å². The molecule has 0 N–H and O–H groups in total. The maximum atomic E-state index is 13.3. The second kappa shape index (κ2) is 5.51. The zero-order valence-electron chi connectivity index (χ0n) is 15.8. The van der Waals surface area contributed by atoms with Crippen molar-refractivity contribution in [2.45, 2.75) is 59.1 Å². The third-order valence-electron chi connectivity index (χ3n) is 7.65. The predicted octanol–water partition coefficient (Wildman–Crippen LogP) is 2.84. The number of ether oxygens (including phenoxy) is 2. The van der Waals surface area contributed by atoms with Crippen molar-refractivity contribution < 1.29 is 14.3 Å². The SMILES string of the molecule is COCCn1c(C)c(C)sc1=NC(=O)C12CC3CCC1(C)C3(C)CO2. The van der Waals surface area contributed by atoms with Gasteiger partial charge in [0, 0.05) is 35.1 Å². The molecule has 3 aliphatic rings. The molecule has 6 heteroatoms. The molecule has 25 heavy (non-hydrogen) atoms. The average molecular weight is 365 g/mol. The van der Waals surface area contributed by atoms with Gasteiger partial charge >= 0.3 is 0 Å². The number of hydrogen-bond donors (Lipinski definition) is 0. The molecule has 2 saturated carbocycles. The minimum atomic E-state index is -0.713. The van der Waals surface area contributed by atoms with Gasteiger partial charge in [0.15, 0.2) is 10.4 Å². The van der Waals surface area contributed by atoms with E-state index < -0.39 is 5.60 Å². The summed E-state index contributed by atoms with van der Waals surface area (Å²) in [6, 6.07) is 0. The van der Waals surface area contributed by atoms with E-state index in [4.69, 9.17) is 9.47 Å². The fourth-order valence-corrected chi connectivity index (χ4v) is 6.54. The molecule has 4 rings (SSSR count). The number of aromatic nitrogens is 1. The Morgan fingerprint density at radius 2 is 2.20 bits per heavy atom. The van der Waals surface area contributed by atoms with Crippen molar-refractivity contribution in [1.29, 1.82) is 0 Å². The average Bonchev–Trinajstić information content (AvgIpc) is 3.15. The highest BCUT2D eigenvalue weighted by Crippen LogP contribution is 2.75. The molecule has 2 heterocycles. The number of methoxy groups -OCH3 is 1. The number of hydrogen-bond acceptors (Lipinski definition) is 4. The smallest absolute Gasteiger partial charge is 0.281 e. The highest BCUT2D eigenvalue weighted by atomic mass is 32.1. The zero-order valence-corrected chi connectivity index (χ0v) is 16.7. The Balaban J connectivity index is 1.74. The van der Waals surface area contributed by atoms with Crippen molar-refractivity contribution >= 4 is 17.2 Å². The van der Waals surface area contributed by atoms with Crippen LogP contribution in [0.3, 0.4) is 0 Å². The summed E-state index contributed by atoms with van der Waals surface area (Å²) in [5, 5.41) is 0. The molecule has 2 aliphatic carbocycles. The Bertz CT molecular complexity index is 797. The highest BCUT2D eigenvalue weighted by molar-refractivity contribution is 7.09. The molecule has 1 aliphatic heterocycles. The lowest BCUT2D eigenvalue weighted by molar-refractivity contribution is -0.152. The molecule has 3 fully saturated rings. The van der Waals surface area contributed by atoms with Gasteiger partial charge in [-0.15, -0.1) is 11.3 Å². The summed E-state index contributed by atoms with van der Waals surface area (Å²) in [5.41, 5.74) is 0.493. The molecular weight excluding hydrogens is 336 g/mol. The summed E-state index contributed by atoms with van der Waals surface area (Å²) in [6.45, 7) is 10.7. The van der Waals surface area contributed by atoms with Gasteiger partial charge in [0.2, 0.25) is 0 Å². The molecule has 0 spiro atoms. The Labute approximate surface area is 153 Å². The van der Waals surface area contributed by atoms with E-state index in [9.17, 15) is 4.79 Å². The second-order valence-corrected chi connectivity index (χ2v) is 9.57. The third-order valence-corrected chi connectivity index (χ3v) is 8.75. The number of thiazole rings is 1. The molecule has 0 radical (unpaired) electrons. The lowest BCUT2D eigenvalue weighted by Gasteiger charge is -2.38. The van der Waals surface area contributed by atoms with Gasteiger partial charge in [-0.05, 0) is 39.0 Å². The van der Waals surface area contributed by atoms with Gasteiger partial charge in [-0.1, -0.05) is 13.8 Å². The van der Waals surface area contributed by atoms with Gasteiger partial charge in [0.05, 0.1) is 13.2 Å². The minimum absolute atomic E-state index is 0.0756. The first-order valence-corrected chi connectivity index (χ1v) is 10.00. The normalized spacial score (nSPS) is 39.6. The first kappa shape index (κ1) is 17.4. The van der Waals surface area contributed by atoms with E-state index in [-0.39, 0.29) is 16.7 Å². The van der Waals surface area contributed by atoms with Crippen molar-refractivity contribution in [2.75, 3.05) is 20.3 Å². The summed E-state index contributed by atoms with van der Waals surface area (Å²) in [6.07, 6.45) is 3.13. The van der Waals surface area contributed by atoms with Crippen LogP contribution < -0.4 is 4.80 Å². The molecule has 4 bridgehead atoms. The van der Waals surface area contributed by atoms with Gasteiger partial charge < -0.3 is 14.0 Å². The lowest BCUT2D eigenvalue weighted by Crippen LogP contribution is -2.50. The fourth-order valence-electron chi connectivity index (χ4n) is 5.54. The predicted molar refractivity (Wildman–Crippen MR) is 96.5 cm³/mol. The standard InChI is InChI=1S/C19H28N2O3S/c1-12-13(2)25-16(21(12)8-9-23-5)20-15(22)19-10-14-6-7-18(19,4)17(14,3)11-24-19/h14H,6-11H2,1-5H3. The van der Waals surface area contributed by atoms with Gasteiger partial charge in [-0.2, -0.15) is 4.99 Å². The lowest BCUT2D eigenvalue weighted by atomic mass is 9.66. The quantitative estimate of drug-likeness (QED) is 0.825. The third kappa shape index (κ3) is 2.02. The molecular formula is C19H28N2O3S. The number of carbonyl (C=O) groups is 1. The molecule has 4 unspecified atom stereocenters. The van der Waals surface area contributed by atoms with Gasteiger partial charge in [-0.3, -0.25) is 4.79 Å². The van der Waals surface area contributed by atoms with E-state index in [1.54, 1.807) is 18.4 Å². The van der Waals surface area contributed by atoms with Gasteiger partial charge in [0.1, 0.15) is 0 Å². The van der Waals surface area contributed by atoms with Crippen molar-refractivity contribution in [3.63, 3.8) is 0 Å². The number of aryl methyl sites for hydroxylation is 1. The molecule has 0 aromatic carbocycles. The van der Waals surface area contributed by atoms with E-state index in [2.05, 4.69) is 37.3 Å². The largest absolute Gasteiger partial charge is 0.383 e. The second-order valence-electron chi connectivity index (χ2n) is 8.39. The van der Waals surface area contributed by atoms with Crippen molar-refractivity contribution in [3.05, 3.63) is 15.4 Å². The fraction of sp³-hybridized carbons (Fsp3) is 0.789. The molecule has 1 aromatic rings. The van der Waals surface area contributed by atoms with Crippen molar-refractivity contribution in [1.82, 2.24) is 4.57 Å². The molecule has 138 valence electrons. The van der Waals surface area contributed by atoms with Crippen LogP contribution in [0.4, 0.5) is 0 Å². The summed E-state index contributed by atoms with van der Waals surface area (Å²) in [7, 11) is 1.69. The number of carbonyl (C=O) groups excluding carboxylic acids is 1. The highest BCUT2D eigenvalue weighted by Gasteiger charge is 2.78. The van der Waals surface area contributed by atoms with Crippen LogP contribution in [-0.4, -0.2) is 36.4 Å². The Kier molecular flexibility index (Phi) is 3.84. The monoisotopic (exact) mass is 364 g/mol. The van der Waals surface area contributed by atoms with Crippen LogP contribution in [0.2, 0.25) is 0 Å². The summed E-state index contributed by atoms with van der Waals surface area (Å²) >= 11 is 1.58. The molecule has 1 aromatic heterocycles. The van der Waals surface area contributed by atoms with E-state index in [1.807, 2.05) is 0 Å². The topological polar surface area (TPSA) is 52.8 Å². The zero-order chi connectivity index (χ0) is 18.0. The molecule has 5 nitrogen and oxygen atoms in total. The van der Waals surface area contributed by atoms with E-state index in [1.165, 1.54) is 11.3 Å². The van der Waals surface area contributed by atoms with Crippen LogP contribution in [0, 0.1) is 30.6 Å². The minimum Gasteiger partial charge on any atom is -0.383 e. The summed E-state index contributed by atoms with van der Waals surface area (Å²) in [4.78, 5) is 19.9. The first-order chi connectivity index (χ1) is 11.8. The number of amides is 1. The van der Waals surface area contributed by atoms with Crippen LogP contribution in [-0.2, 0) is 20.8 Å². The van der Waals surface area contributed by atoms with Gasteiger partial charge in [0.25, 0.3) is 5.91 Å². The Morgan fingerprint density at radius 3 is 2.84 bits per heavy atom. The van der Waals surface area contributed by atoms with Crippen LogP contribution in [0.15, 0.2) is 4.99 Å². The van der Waals surface area contributed by atoms with Crippen LogP contribution >= 0.6 is 11.3 Å². The first-order valence-electron chi connectivity index (χ1n) is 9.18. The maximum Gasteiger partial charge on any atom is 0.281 e. The van der Waals surface area contributed by atoms with Crippen molar-refractivity contribution in [2.24, 2.45) is 21.7 Å². The van der Waals surface area contributed by atoms with Crippen LogP contribution in [0.5, 0.6) is 0 Å². The number of rotatable bonds is 4. The van der Waals surface area contributed by atoms with Gasteiger partial charge in [-0.25, -0.2) is 0 Å². The van der Waals surface area contributed by atoms with Crippen molar-refractivity contribution in [3.8, 4) is 0 Å². The van der Waals surface area contributed by atoms with E-state index in [0.717, 1.165) is 23.3 Å². The molecule has 1 amide bonds. The Hall–Kier alpha value is -0.980. The molecule has 4 atom stereocenters. The number of nitrogens with zero attached hydrogens (tertiary/aromatic N) is 2. The van der Waals surface area contributed by atoms with E-state index >= 15 is 0 Å². The van der Waals surface area contributed by atoms with E-state index in [0.29, 0.717) is 25.7 Å². The maximum absolute atomic E-state index is 13.3. The Morgan fingerprint density at radius 1 is 1.44 bits per heavy atom. The molecule has 1 saturated heterocycles. The summed E-state index contributed by atoms with van der Waals surface area (Å²) < 4.78 is 13.5.